The first-order chi connectivity index (χ1) is 13.2. The number of ether oxygens (including phenoxy) is 3. The van der Waals surface area contributed by atoms with Gasteiger partial charge in [-0.2, -0.15) is 0 Å². The number of benzene rings is 2. The second kappa shape index (κ2) is 10.4. The third kappa shape index (κ3) is 5.01. The van der Waals surface area contributed by atoms with E-state index >= 15 is 0 Å². The zero-order valence-corrected chi connectivity index (χ0v) is 19.2. The Labute approximate surface area is 183 Å². The molecule has 1 aliphatic heterocycles. The van der Waals surface area contributed by atoms with Gasteiger partial charge < -0.3 is 24.4 Å². The first-order valence-electron chi connectivity index (χ1n) is 9.00. The average molecular weight is 497 g/mol. The predicted molar refractivity (Wildman–Crippen MR) is 122 cm³/mol. The van der Waals surface area contributed by atoms with E-state index in [0.717, 1.165) is 42.7 Å². The highest BCUT2D eigenvalue weighted by Gasteiger charge is 2.21. The van der Waals surface area contributed by atoms with E-state index in [1.165, 1.54) is 16.7 Å². The first kappa shape index (κ1) is 22.1. The predicted octanol–water partition coefficient (Wildman–Crippen LogP) is 3.46. The molecule has 6 nitrogen and oxygen atoms in total. The molecule has 0 unspecified atom stereocenters. The van der Waals surface area contributed by atoms with Gasteiger partial charge in [-0.25, -0.2) is 0 Å². The van der Waals surface area contributed by atoms with Crippen LogP contribution in [0.5, 0.6) is 17.2 Å². The molecule has 1 N–H and O–H groups in total. The van der Waals surface area contributed by atoms with Gasteiger partial charge in [-0.1, -0.05) is 12.1 Å². The monoisotopic (exact) mass is 497 g/mol. The molecule has 152 valence electrons. The van der Waals surface area contributed by atoms with E-state index < -0.39 is 0 Å². The Hall–Kier alpha value is -2.16. The Balaban J connectivity index is 0.00000280. The minimum atomic E-state index is 0. The molecule has 1 aliphatic rings. The summed E-state index contributed by atoms with van der Waals surface area (Å²) in [4.78, 5) is 6.72. The SMILES string of the molecule is CN=C(NCc1ccc(OC)cc1)N1CCc2cc(OC)c(OC)cc2C1.I. The largest absolute Gasteiger partial charge is 0.497 e. The van der Waals surface area contributed by atoms with Crippen LogP contribution in [-0.4, -0.2) is 45.8 Å². The van der Waals surface area contributed by atoms with Gasteiger partial charge >= 0.3 is 0 Å². The van der Waals surface area contributed by atoms with Crippen molar-refractivity contribution in [3.63, 3.8) is 0 Å². The van der Waals surface area contributed by atoms with E-state index in [2.05, 4.69) is 39.5 Å². The highest BCUT2D eigenvalue weighted by molar-refractivity contribution is 14.0. The minimum Gasteiger partial charge on any atom is -0.497 e. The molecule has 0 atom stereocenters. The zero-order valence-electron chi connectivity index (χ0n) is 16.8. The second-order valence-electron chi connectivity index (χ2n) is 6.40. The lowest BCUT2D eigenvalue weighted by atomic mass is 9.99. The van der Waals surface area contributed by atoms with Gasteiger partial charge in [0, 0.05) is 26.7 Å². The highest BCUT2D eigenvalue weighted by atomic mass is 127. The Kier molecular flexibility index (Phi) is 8.22. The summed E-state index contributed by atoms with van der Waals surface area (Å²) in [7, 11) is 6.83. The molecule has 2 aromatic carbocycles. The molecule has 0 fully saturated rings. The van der Waals surface area contributed by atoms with Gasteiger partial charge in [-0.05, 0) is 47.4 Å². The van der Waals surface area contributed by atoms with Crippen molar-refractivity contribution >= 4 is 29.9 Å². The van der Waals surface area contributed by atoms with Crippen LogP contribution in [0.4, 0.5) is 0 Å². The number of methoxy groups -OCH3 is 3. The smallest absolute Gasteiger partial charge is 0.194 e. The van der Waals surface area contributed by atoms with Crippen LogP contribution in [0.15, 0.2) is 41.4 Å². The standard InChI is InChI=1S/C21H27N3O3.HI/c1-22-21(23-13-15-5-7-18(25-2)8-6-15)24-10-9-16-11-19(26-3)20(27-4)12-17(16)14-24;/h5-8,11-12H,9-10,13-14H2,1-4H3,(H,22,23);1H. The summed E-state index contributed by atoms with van der Waals surface area (Å²) in [6.45, 7) is 2.41. The quantitative estimate of drug-likeness (QED) is 0.390. The highest BCUT2D eigenvalue weighted by Crippen LogP contribution is 2.33. The van der Waals surface area contributed by atoms with Crippen molar-refractivity contribution in [2.75, 3.05) is 34.9 Å². The number of aliphatic imine (C=N–C) groups is 1. The van der Waals surface area contributed by atoms with Gasteiger partial charge in [0.1, 0.15) is 5.75 Å². The van der Waals surface area contributed by atoms with Crippen LogP contribution in [-0.2, 0) is 19.5 Å². The van der Waals surface area contributed by atoms with Crippen LogP contribution in [0.1, 0.15) is 16.7 Å². The molecule has 0 aromatic heterocycles. The van der Waals surface area contributed by atoms with E-state index in [1.807, 2.05) is 19.2 Å². The number of hydrogen-bond donors (Lipinski definition) is 1. The molecule has 0 saturated carbocycles. The maximum Gasteiger partial charge on any atom is 0.194 e. The number of guanidine groups is 1. The van der Waals surface area contributed by atoms with Crippen LogP contribution < -0.4 is 19.5 Å². The molecular weight excluding hydrogens is 469 g/mol. The van der Waals surface area contributed by atoms with Crippen molar-refractivity contribution in [2.24, 2.45) is 4.99 Å². The van der Waals surface area contributed by atoms with Crippen LogP contribution in [0.25, 0.3) is 0 Å². The van der Waals surface area contributed by atoms with Gasteiger partial charge in [-0.15, -0.1) is 24.0 Å². The lowest BCUT2D eigenvalue weighted by Gasteiger charge is -2.32. The molecule has 2 aromatic rings. The van der Waals surface area contributed by atoms with Crippen molar-refractivity contribution in [1.29, 1.82) is 0 Å². The fourth-order valence-corrected chi connectivity index (χ4v) is 3.32. The van der Waals surface area contributed by atoms with E-state index in [4.69, 9.17) is 14.2 Å². The molecule has 0 spiro atoms. The van der Waals surface area contributed by atoms with Crippen LogP contribution in [0.3, 0.4) is 0 Å². The number of hydrogen-bond acceptors (Lipinski definition) is 4. The maximum atomic E-state index is 5.45. The first-order valence-corrected chi connectivity index (χ1v) is 9.00. The third-order valence-electron chi connectivity index (χ3n) is 4.84. The number of halogens is 1. The topological polar surface area (TPSA) is 55.3 Å². The van der Waals surface area contributed by atoms with Crippen molar-refractivity contribution in [1.82, 2.24) is 10.2 Å². The van der Waals surface area contributed by atoms with Crippen LogP contribution in [0.2, 0.25) is 0 Å². The summed E-state index contributed by atoms with van der Waals surface area (Å²) in [5, 5.41) is 3.45. The fourth-order valence-electron chi connectivity index (χ4n) is 3.32. The normalized spacial score (nSPS) is 13.3. The lowest BCUT2D eigenvalue weighted by molar-refractivity contribution is 0.346. The Morgan fingerprint density at radius 1 is 1.00 bits per heavy atom. The molecule has 7 heteroatoms. The second-order valence-corrected chi connectivity index (χ2v) is 6.40. The Bertz CT molecular complexity index is 809. The number of fused-ring (bicyclic) bond motifs is 1. The van der Waals surface area contributed by atoms with Gasteiger partial charge in [-0.3, -0.25) is 4.99 Å². The van der Waals surface area contributed by atoms with Crippen molar-refractivity contribution in [3.8, 4) is 17.2 Å². The van der Waals surface area contributed by atoms with Crippen molar-refractivity contribution in [2.45, 2.75) is 19.5 Å². The Morgan fingerprint density at radius 3 is 2.21 bits per heavy atom. The molecule has 0 radical (unpaired) electrons. The van der Waals surface area contributed by atoms with Crippen LogP contribution >= 0.6 is 24.0 Å². The van der Waals surface area contributed by atoms with E-state index in [9.17, 15) is 0 Å². The molecule has 0 saturated heterocycles. The average Bonchev–Trinajstić information content (AvgIpc) is 2.73. The molecule has 1 heterocycles. The van der Waals surface area contributed by atoms with Gasteiger partial charge in [0.2, 0.25) is 0 Å². The third-order valence-corrected chi connectivity index (χ3v) is 4.84. The van der Waals surface area contributed by atoms with E-state index in [0.29, 0.717) is 6.54 Å². The molecule has 28 heavy (non-hydrogen) atoms. The Morgan fingerprint density at radius 2 is 1.64 bits per heavy atom. The molecular formula is C21H28IN3O3. The summed E-state index contributed by atoms with van der Waals surface area (Å²) < 4.78 is 16.1. The number of nitrogens with one attached hydrogen (secondary N) is 1. The molecule has 0 bridgehead atoms. The summed E-state index contributed by atoms with van der Waals surface area (Å²) in [5.74, 6) is 3.30. The zero-order chi connectivity index (χ0) is 19.2. The summed E-state index contributed by atoms with van der Waals surface area (Å²) in [6, 6.07) is 12.2. The minimum absolute atomic E-state index is 0. The van der Waals surface area contributed by atoms with E-state index in [1.54, 1.807) is 21.3 Å². The number of nitrogens with zero attached hydrogens (tertiary/aromatic N) is 2. The maximum absolute atomic E-state index is 5.45. The van der Waals surface area contributed by atoms with Crippen LogP contribution in [0, 0.1) is 0 Å². The van der Waals surface area contributed by atoms with E-state index in [-0.39, 0.29) is 24.0 Å². The fraction of sp³-hybridized carbons (Fsp3) is 0.381. The van der Waals surface area contributed by atoms with Crippen molar-refractivity contribution < 1.29 is 14.2 Å². The number of rotatable bonds is 5. The van der Waals surface area contributed by atoms with Gasteiger partial charge in [0.15, 0.2) is 17.5 Å². The summed E-state index contributed by atoms with van der Waals surface area (Å²) in [6.07, 6.45) is 0.943. The van der Waals surface area contributed by atoms with Crippen molar-refractivity contribution in [3.05, 3.63) is 53.1 Å². The summed E-state index contributed by atoms with van der Waals surface area (Å²) >= 11 is 0. The van der Waals surface area contributed by atoms with Gasteiger partial charge in [0.25, 0.3) is 0 Å². The van der Waals surface area contributed by atoms with Gasteiger partial charge in [0.05, 0.1) is 21.3 Å². The molecule has 0 aliphatic carbocycles. The summed E-state index contributed by atoms with van der Waals surface area (Å²) in [5.41, 5.74) is 3.72. The molecule has 3 rings (SSSR count). The molecule has 0 amide bonds. The lowest BCUT2D eigenvalue weighted by Crippen LogP contribution is -2.43.